The van der Waals surface area contributed by atoms with Crippen LogP contribution in [0.25, 0.3) is 0 Å². The van der Waals surface area contributed by atoms with E-state index in [1.807, 2.05) is 13.8 Å². The Bertz CT molecular complexity index is 892. The van der Waals surface area contributed by atoms with Crippen LogP contribution in [0.1, 0.15) is 33.1 Å². The summed E-state index contributed by atoms with van der Waals surface area (Å²) in [5.74, 6) is 0.359. The van der Waals surface area contributed by atoms with Crippen LogP contribution in [0.3, 0.4) is 0 Å². The molecule has 2 amide bonds. The van der Waals surface area contributed by atoms with E-state index in [1.165, 1.54) is 16.4 Å². The molecule has 1 aromatic carbocycles. The molecule has 1 N–H and O–H groups in total. The van der Waals surface area contributed by atoms with E-state index in [1.54, 1.807) is 11.0 Å². The number of sulfonamides is 1. The van der Waals surface area contributed by atoms with Crippen molar-refractivity contribution in [2.24, 2.45) is 5.92 Å². The number of hydrogen-bond donors (Lipinski definition) is 1. The minimum atomic E-state index is -3.70. The molecule has 0 saturated carbocycles. The van der Waals surface area contributed by atoms with Gasteiger partial charge in [-0.1, -0.05) is 0 Å². The first-order valence-corrected chi connectivity index (χ1v) is 12.3. The Morgan fingerprint density at radius 1 is 1.10 bits per heavy atom. The van der Waals surface area contributed by atoms with E-state index >= 15 is 0 Å². The molecule has 0 spiro atoms. The molecule has 10 heteroatoms. The highest BCUT2D eigenvalue weighted by molar-refractivity contribution is 7.89. The van der Waals surface area contributed by atoms with Crippen molar-refractivity contribution in [3.8, 4) is 11.5 Å². The maximum atomic E-state index is 13.1. The number of nitrogens with one attached hydrogen (secondary N) is 1. The summed E-state index contributed by atoms with van der Waals surface area (Å²) in [5.41, 5.74) is 0. The third kappa shape index (κ3) is 5.48. The van der Waals surface area contributed by atoms with Crippen LogP contribution < -0.4 is 14.8 Å². The number of ether oxygens (including phenoxy) is 2. The summed E-state index contributed by atoms with van der Waals surface area (Å²) in [7, 11) is -3.70. The molecule has 0 aliphatic carbocycles. The van der Waals surface area contributed by atoms with E-state index in [0.717, 1.165) is 6.42 Å². The fourth-order valence-corrected chi connectivity index (χ4v) is 5.29. The van der Waals surface area contributed by atoms with Gasteiger partial charge >= 0.3 is 0 Å². The number of likely N-dealkylation sites (N-methyl/N-ethyl adjacent to an activating group) is 1. The van der Waals surface area contributed by atoms with Crippen molar-refractivity contribution >= 4 is 21.8 Å². The van der Waals surface area contributed by atoms with E-state index < -0.39 is 10.0 Å². The minimum Gasteiger partial charge on any atom is -0.490 e. The van der Waals surface area contributed by atoms with Gasteiger partial charge in [0.1, 0.15) is 0 Å². The van der Waals surface area contributed by atoms with Crippen LogP contribution in [0, 0.1) is 5.92 Å². The zero-order valence-corrected chi connectivity index (χ0v) is 18.9. The van der Waals surface area contributed by atoms with Crippen molar-refractivity contribution < 1.29 is 27.5 Å². The molecular formula is C21H31N3O6S. The lowest BCUT2D eigenvalue weighted by atomic mass is 9.97. The van der Waals surface area contributed by atoms with Crippen LogP contribution in [-0.2, 0) is 19.6 Å². The second-order valence-corrected chi connectivity index (χ2v) is 9.56. The average Bonchev–Trinajstić information content (AvgIpc) is 3.03. The van der Waals surface area contributed by atoms with Crippen LogP contribution >= 0.6 is 0 Å². The van der Waals surface area contributed by atoms with Crippen LogP contribution in [-0.4, -0.2) is 75.4 Å². The monoisotopic (exact) mass is 453 g/mol. The maximum absolute atomic E-state index is 13.1. The summed E-state index contributed by atoms with van der Waals surface area (Å²) < 4.78 is 38.7. The highest BCUT2D eigenvalue weighted by Crippen LogP contribution is 2.33. The number of amides is 2. The Balaban J connectivity index is 1.57. The van der Waals surface area contributed by atoms with Gasteiger partial charge in [-0.2, -0.15) is 4.31 Å². The van der Waals surface area contributed by atoms with Gasteiger partial charge in [-0.3, -0.25) is 9.59 Å². The van der Waals surface area contributed by atoms with Crippen LogP contribution in [0.5, 0.6) is 11.5 Å². The molecule has 3 rings (SSSR count). The number of carbonyl (C=O) groups excluding carboxylic acids is 2. The number of piperidine rings is 1. The summed E-state index contributed by atoms with van der Waals surface area (Å²) in [6, 6.07) is 4.66. The van der Waals surface area contributed by atoms with E-state index in [0.29, 0.717) is 50.6 Å². The predicted molar refractivity (Wildman–Crippen MR) is 114 cm³/mol. The lowest BCUT2D eigenvalue weighted by molar-refractivity contribution is -0.134. The molecule has 1 fully saturated rings. The lowest BCUT2D eigenvalue weighted by Crippen LogP contribution is -2.45. The van der Waals surface area contributed by atoms with E-state index in [4.69, 9.17) is 9.47 Å². The molecule has 0 radical (unpaired) electrons. The number of carbonyl (C=O) groups is 2. The summed E-state index contributed by atoms with van der Waals surface area (Å²) in [6.07, 6.45) is 1.57. The molecule has 0 bridgehead atoms. The first-order chi connectivity index (χ1) is 14.9. The highest BCUT2D eigenvalue weighted by Gasteiger charge is 2.33. The molecule has 2 aliphatic heterocycles. The number of hydrogen-bond acceptors (Lipinski definition) is 6. The van der Waals surface area contributed by atoms with Gasteiger partial charge in [0.2, 0.25) is 21.8 Å². The van der Waals surface area contributed by atoms with Crippen molar-refractivity contribution in [2.45, 2.75) is 38.0 Å². The summed E-state index contributed by atoms with van der Waals surface area (Å²) in [5, 5.41) is 2.70. The smallest absolute Gasteiger partial charge is 0.243 e. The van der Waals surface area contributed by atoms with Crippen molar-refractivity contribution in [3.05, 3.63) is 18.2 Å². The Morgan fingerprint density at radius 2 is 1.74 bits per heavy atom. The third-order valence-electron chi connectivity index (χ3n) is 5.71. The van der Waals surface area contributed by atoms with Crippen molar-refractivity contribution in [1.29, 1.82) is 0 Å². The molecule has 2 heterocycles. The van der Waals surface area contributed by atoms with E-state index in [2.05, 4.69) is 5.32 Å². The standard InChI is InChI=1S/C21H31N3O6S/c1-3-23(4-2)20(25)15-22-21(26)16-8-10-24(11-9-16)31(27,28)17-6-7-18-19(14-17)30-13-5-12-29-18/h6-7,14,16H,3-5,8-13,15H2,1-2H3,(H,22,26). The summed E-state index contributed by atoms with van der Waals surface area (Å²) in [6.45, 7) is 6.46. The van der Waals surface area contributed by atoms with Gasteiger partial charge in [-0.25, -0.2) is 8.42 Å². The van der Waals surface area contributed by atoms with Crippen molar-refractivity contribution in [3.63, 3.8) is 0 Å². The predicted octanol–water partition coefficient (Wildman–Crippen LogP) is 1.23. The molecule has 172 valence electrons. The molecule has 31 heavy (non-hydrogen) atoms. The summed E-state index contributed by atoms with van der Waals surface area (Å²) in [4.78, 5) is 26.3. The zero-order valence-electron chi connectivity index (χ0n) is 18.1. The van der Waals surface area contributed by atoms with Gasteiger partial charge in [0.25, 0.3) is 0 Å². The van der Waals surface area contributed by atoms with Crippen LogP contribution in [0.15, 0.2) is 23.1 Å². The number of fused-ring (bicyclic) bond motifs is 1. The normalized spacial score (nSPS) is 17.6. The van der Waals surface area contributed by atoms with E-state index in [-0.39, 0.29) is 42.3 Å². The first-order valence-electron chi connectivity index (χ1n) is 10.8. The Morgan fingerprint density at radius 3 is 2.39 bits per heavy atom. The first kappa shape index (κ1) is 23.3. The maximum Gasteiger partial charge on any atom is 0.243 e. The highest BCUT2D eigenvalue weighted by atomic mass is 32.2. The van der Waals surface area contributed by atoms with Crippen LogP contribution in [0.4, 0.5) is 0 Å². The SMILES string of the molecule is CCN(CC)C(=O)CNC(=O)C1CCN(S(=O)(=O)c2ccc3c(c2)OCCCO3)CC1. The molecule has 0 atom stereocenters. The molecule has 1 saturated heterocycles. The average molecular weight is 454 g/mol. The molecule has 1 aromatic rings. The zero-order chi connectivity index (χ0) is 22.4. The Kier molecular flexibility index (Phi) is 7.77. The topological polar surface area (TPSA) is 105 Å². The molecule has 0 aromatic heterocycles. The Hall–Kier alpha value is -2.33. The van der Waals surface area contributed by atoms with E-state index in [9.17, 15) is 18.0 Å². The van der Waals surface area contributed by atoms with Gasteiger partial charge in [0.05, 0.1) is 24.7 Å². The Labute approximate surface area is 183 Å². The minimum absolute atomic E-state index is 0.0315. The van der Waals surface area contributed by atoms with Gasteiger partial charge in [0, 0.05) is 44.6 Å². The quantitative estimate of drug-likeness (QED) is 0.666. The van der Waals surface area contributed by atoms with Gasteiger partial charge < -0.3 is 19.7 Å². The lowest BCUT2D eigenvalue weighted by Gasteiger charge is -2.30. The number of benzene rings is 1. The van der Waals surface area contributed by atoms with Crippen LogP contribution in [0.2, 0.25) is 0 Å². The van der Waals surface area contributed by atoms with Crippen molar-refractivity contribution in [2.75, 3.05) is 45.9 Å². The fourth-order valence-electron chi connectivity index (χ4n) is 3.81. The number of rotatable bonds is 7. The van der Waals surface area contributed by atoms with Crippen molar-refractivity contribution in [1.82, 2.24) is 14.5 Å². The molecular weight excluding hydrogens is 422 g/mol. The van der Waals surface area contributed by atoms with Gasteiger partial charge in [-0.15, -0.1) is 0 Å². The molecule has 2 aliphatic rings. The van der Waals surface area contributed by atoms with Gasteiger partial charge in [0.15, 0.2) is 11.5 Å². The molecule has 0 unspecified atom stereocenters. The molecule has 9 nitrogen and oxygen atoms in total. The third-order valence-corrected chi connectivity index (χ3v) is 7.61. The fraction of sp³-hybridized carbons (Fsp3) is 0.619. The second kappa shape index (κ2) is 10.3. The second-order valence-electron chi connectivity index (χ2n) is 7.62. The largest absolute Gasteiger partial charge is 0.490 e. The number of nitrogens with zero attached hydrogens (tertiary/aromatic N) is 2. The van der Waals surface area contributed by atoms with Gasteiger partial charge in [-0.05, 0) is 38.8 Å². The summed E-state index contributed by atoms with van der Waals surface area (Å²) >= 11 is 0.